The predicted molar refractivity (Wildman–Crippen MR) is 96.3 cm³/mol. The number of hydrogen-bond acceptors (Lipinski definition) is 7. The van der Waals surface area contributed by atoms with Crippen molar-refractivity contribution in [3.8, 4) is 12.1 Å². The molecule has 0 aliphatic heterocycles. The summed E-state index contributed by atoms with van der Waals surface area (Å²) >= 11 is 1.05. The molecule has 0 aromatic carbocycles. The molecule has 0 spiro atoms. The number of rotatable bonds is 6. The van der Waals surface area contributed by atoms with Crippen LogP contribution in [-0.2, 0) is 16.0 Å². The highest BCUT2D eigenvalue weighted by atomic mass is 32.1. The zero-order valence-corrected chi connectivity index (χ0v) is 15.1. The van der Waals surface area contributed by atoms with Crippen LogP contribution in [0.3, 0.4) is 0 Å². The van der Waals surface area contributed by atoms with Crippen molar-refractivity contribution in [2.45, 2.75) is 20.3 Å². The van der Waals surface area contributed by atoms with Gasteiger partial charge >= 0.3 is 5.97 Å². The Kier molecular flexibility index (Phi) is 6.37. The van der Waals surface area contributed by atoms with Gasteiger partial charge in [0.1, 0.15) is 17.0 Å². The number of hydrogen-bond donors (Lipinski definition) is 0. The number of carbonyl (C=O) groups excluding carboxylic acids is 2. The number of nitriles is 2. The highest BCUT2D eigenvalue weighted by Crippen LogP contribution is 2.29. The first-order valence-corrected chi connectivity index (χ1v) is 8.57. The first kappa shape index (κ1) is 19.0. The maximum Gasteiger partial charge on any atom is 0.348 e. The molecule has 26 heavy (non-hydrogen) atoms. The maximum atomic E-state index is 12.5. The molecular weight excluding hydrogens is 350 g/mol. The Hall–Kier alpha value is -3.29. The topological polar surface area (TPSA) is 104 Å². The lowest BCUT2D eigenvalue weighted by molar-refractivity contribution is -0.114. The lowest BCUT2D eigenvalue weighted by Crippen LogP contribution is -2.05. The fourth-order valence-corrected chi connectivity index (χ4v) is 3.43. The number of esters is 1. The summed E-state index contributed by atoms with van der Waals surface area (Å²) in [5.41, 5.74) is 1.37. The fraction of sp³-hybridized carbons (Fsp3) is 0.211. The number of Topliss-reactive ketones (excluding diaryl/α,β-unsaturated/α-hetero) is 1. The van der Waals surface area contributed by atoms with Gasteiger partial charge < -0.3 is 4.74 Å². The zero-order chi connectivity index (χ0) is 19.1. The van der Waals surface area contributed by atoms with Crippen LogP contribution in [0.15, 0.2) is 30.1 Å². The van der Waals surface area contributed by atoms with E-state index in [-0.39, 0.29) is 24.2 Å². The van der Waals surface area contributed by atoms with Crippen molar-refractivity contribution in [2.24, 2.45) is 0 Å². The Morgan fingerprint density at radius 2 is 2.15 bits per heavy atom. The normalized spacial score (nSPS) is 10.7. The fourth-order valence-electron chi connectivity index (χ4n) is 2.28. The minimum absolute atomic E-state index is 0.0365. The minimum atomic E-state index is -0.517. The number of carbonyl (C=O) groups is 2. The Morgan fingerprint density at radius 3 is 2.73 bits per heavy atom. The lowest BCUT2D eigenvalue weighted by Gasteiger charge is -1.99. The highest BCUT2D eigenvalue weighted by Gasteiger charge is 2.23. The summed E-state index contributed by atoms with van der Waals surface area (Å²) in [7, 11) is 0. The van der Waals surface area contributed by atoms with Crippen molar-refractivity contribution < 1.29 is 14.3 Å². The molecule has 2 rings (SSSR count). The van der Waals surface area contributed by atoms with Crippen molar-refractivity contribution in [3.05, 3.63) is 56.5 Å². The van der Waals surface area contributed by atoms with Gasteiger partial charge in [-0.05, 0) is 37.1 Å². The van der Waals surface area contributed by atoms with E-state index < -0.39 is 11.8 Å². The van der Waals surface area contributed by atoms with Crippen LogP contribution >= 0.6 is 11.3 Å². The smallest absolute Gasteiger partial charge is 0.348 e. The van der Waals surface area contributed by atoms with Crippen molar-refractivity contribution in [1.82, 2.24) is 4.98 Å². The van der Waals surface area contributed by atoms with E-state index >= 15 is 0 Å². The second-order valence-corrected chi connectivity index (χ2v) is 6.35. The van der Waals surface area contributed by atoms with Crippen LogP contribution in [0.5, 0.6) is 0 Å². The number of thiophene rings is 1. The molecule has 0 saturated carbocycles. The van der Waals surface area contributed by atoms with E-state index in [1.54, 1.807) is 38.4 Å². The summed E-state index contributed by atoms with van der Waals surface area (Å²) in [4.78, 5) is 29.2. The van der Waals surface area contributed by atoms with Crippen LogP contribution in [-0.4, -0.2) is 23.3 Å². The van der Waals surface area contributed by atoms with Gasteiger partial charge in [-0.25, -0.2) is 4.79 Å². The average molecular weight is 365 g/mol. The summed E-state index contributed by atoms with van der Waals surface area (Å²) in [6.07, 6.45) is 4.46. The van der Waals surface area contributed by atoms with E-state index in [0.29, 0.717) is 20.9 Å². The Balaban J connectivity index is 2.32. The molecule has 2 aromatic heterocycles. The zero-order valence-electron chi connectivity index (χ0n) is 14.3. The van der Waals surface area contributed by atoms with Gasteiger partial charge in [-0.15, -0.1) is 11.3 Å². The summed E-state index contributed by atoms with van der Waals surface area (Å²) < 4.78 is 4.98. The molecule has 0 fully saturated rings. The molecule has 0 atom stereocenters. The van der Waals surface area contributed by atoms with Gasteiger partial charge in [0.25, 0.3) is 0 Å². The molecule has 2 heterocycles. The first-order valence-electron chi connectivity index (χ1n) is 7.76. The van der Waals surface area contributed by atoms with Crippen molar-refractivity contribution in [2.75, 3.05) is 6.61 Å². The monoisotopic (exact) mass is 365 g/mol. The van der Waals surface area contributed by atoms with Crippen molar-refractivity contribution in [1.29, 1.82) is 10.5 Å². The molecule has 0 radical (unpaired) electrons. The summed E-state index contributed by atoms with van der Waals surface area (Å²) in [5, 5.41) is 18.7. The van der Waals surface area contributed by atoms with Gasteiger partial charge in [-0.1, -0.05) is 6.07 Å². The van der Waals surface area contributed by atoms with E-state index in [0.717, 1.165) is 11.3 Å². The first-order chi connectivity index (χ1) is 12.5. The summed E-state index contributed by atoms with van der Waals surface area (Å²) in [6, 6.07) is 7.35. The van der Waals surface area contributed by atoms with Gasteiger partial charge in [0, 0.05) is 23.7 Å². The standard InChI is InChI=1S/C19H15N3O3S/c1-3-25-19(24)18-12(2)15(10-21)17(26-18)8-16(23)14(9-20)7-13-5-4-6-22-11-13/h4-7,11H,3,8H2,1-2H3/b14-7+. The number of allylic oxidation sites excluding steroid dienone is 1. The van der Waals surface area contributed by atoms with E-state index in [2.05, 4.69) is 4.98 Å². The van der Waals surface area contributed by atoms with Crippen LogP contribution < -0.4 is 0 Å². The number of aromatic nitrogens is 1. The van der Waals surface area contributed by atoms with E-state index in [4.69, 9.17) is 4.74 Å². The van der Waals surface area contributed by atoms with Crippen LogP contribution in [0.2, 0.25) is 0 Å². The quantitative estimate of drug-likeness (QED) is 0.442. The average Bonchev–Trinajstić information content (AvgIpc) is 2.96. The SMILES string of the molecule is CCOC(=O)c1sc(CC(=O)/C(C#N)=C/c2cccnc2)c(C#N)c1C. The largest absolute Gasteiger partial charge is 0.462 e. The molecule has 6 nitrogen and oxygen atoms in total. The maximum absolute atomic E-state index is 12.5. The molecule has 7 heteroatoms. The molecular formula is C19H15N3O3S. The van der Waals surface area contributed by atoms with Crippen LogP contribution in [0.25, 0.3) is 6.08 Å². The second kappa shape index (κ2) is 8.70. The molecule has 2 aromatic rings. The second-order valence-electron chi connectivity index (χ2n) is 5.24. The molecule has 0 unspecified atom stereocenters. The Morgan fingerprint density at radius 1 is 1.38 bits per heavy atom. The highest BCUT2D eigenvalue weighted by molar-refractivity contribution is 7.14. The van der Waals surface area contributed by atoms with E-state index in [1.807, 2.05) is 12.1 Å². The van der Waals surface area contributed by atoms with Crippen LogP contribution in [0, 0.1) is 29.6 Å². The lowest BCUT2D eigenvalue weighted by atomic mass is 10.0. The molecule has 0 aliphatic rings. The van der Waals surface area contributed by atoms with Gasteiger partial charge in [0.2, 0.25) is 0 Å². The molecule has 0 bridgehead atoms. The van der Waals surface area contributed by atoms with Gasteiger partial charge in [-0.3, -0.25) is 9.78 Å². The molecule has 0 N–H and O–H groups in total. The van der Waals surface area contributed by atoms with E-state index in [9.17, 15) is 20.1 Å². The predicted octanol–water partition coefficient (Wildman–Crippen LogP) is 3.22. The van der Waals surface area contributed by atoms with Crippen LogP contribution in [0.1, 0.15) is 38.2 Å². The Labute approximate surface area is 155 Å². The van der Waals surface area contributed by atoms with Crippen molar-refractivity contribution >= 4 is 29.2 Å². The molecule has 130 valence electrons. The molecule has 0 aliphatic carbocycles. The number of pyridine rings is 1. The summed E-state index contributed by atoms with van der Waals surface area (Å²) in [5.74, 6) is -0.943. The molecule has 0 saturated heterocycles. The summed E-state index contributed by atoms with van der Waals surface area (Å²) in [6.45, 7) is 3.56. The Bertz CT molecular complexity index is 947. The third kappa shape index (κ3) is 4.21. The molecule has 0 amide bonds. The van der Waals surface area contributed by atoms with E-state index in [1.165, 1.54) is 6.08 Å². The minimum Gasteiger partial charge on any atom is -0.462 e. The number of ether oxygens (including phenoxy) is 1. The third-order valence-electron chi connectivity index (χ3n) is 3.53. The number of nitrogens with zero attached hydrogens (tertiary/aromatic N) is 3. The van der Waals surface area contributed by atoms with Crippen LogP contribution in [0.4, 0.5) is 0 Å². The van der Waals surface area contributed by atoms with Crippen molar-refractivity contribution in [3.63, 3.8) is 0 Å². The third-order valence-corrected chi connectivity index (χ3v) is 4.80. The van der Waals surface area contributed by atoms with Gasteiger partial charge in [0.05, 0.1) is 17.7 Å². The van der Waals surface area contributed by atoms with Gasteiger partial charge in [0.15, 0.2) is 5.78 Å². The number of ketones is 1. The van der Waals surface area contributed by atoms with Gasteiger partial charge in [-0.2, -0.15) is 10.5 Å².